The second-order valence-corrected chi connectivity index (χ2v) is 6.32. The van der Waals surface area contributed by atoms with Crippen LogP contribution in [0.2, 0.25) is 0 Å². The van der Waals surface area contributed by atoms with Gasteiger partial charge in [-0.25, -0.2) is 0 Å². The molecule has 0 radical (unpaired) electrons. The Morgan fingerprint density at radius 2 is 2.06 bits per heavy atom. The Labute approximate surface area is 116 Å². The summed E-state index contributed by atoms with van der Waals surface area (Å²) in [4.78, 5) is 4.46. The van der Waals surface area contributed by atoms with Gasteiger partial charge >= 0.3 is 0 Å². The third kappa shape index (κ3) is 2.29. The van der Waals surface area contributed by atoms with Gasteiger partial charge in [-0.2, -0.15) is 5.26 Å². The minimum Gasteiger partial charge on any atom is -0.397 e. The van der Waals surface area contributed by atoms with Crippen molar-refractivity contribution in [2.75, 3.05) is 5.73 Å². The van der Waals surface area contributed by atoms with Gasteiger partial charge in [-0.3, -0.25) is 0 Å². The van der Waals surface area contributed by atoms with Gasteiger partial charge in [-0.15, -0.1) is 22.7 Å². The van der Waals surface area contributed by atoms with Gasteiger partial charge < -0.3 is 5.73 Å². The lowest BCUT2D eigenvalue weighted by atomic mass is 10.1. The largest absolute Gasteiger partial charge is 0.397 e. The Balaban J connectivity index is 2.52. The number of nitriles is 1. The lowest BCUT2D eigenvalue weighted by molar-refractivity contribution is 0.930. The van der Waals surface area contributed by atoms with Crippen molar-refractivity contribution in [1.82, 2.24) is 0 Å². The molecule has 18 heavy (non-hydrogen) atoms. The van der Waals surface area contributed by atoms with Gasteiger partial charge in [0.15, 0.2) is 0 Å². The monoisotopic (exact) mass is 276 g/mol. The van der Waals surface area contributed by atoms with Gasteiger partial charge in [0.25, 0.3) is 0 Å². The average molecular weight is 276 g/mol. The van der Waals surface area contributed by atoms with E-state index in [1.54, 1.807) is 11.3 Å². The smallest absolute Gasteiger partial charge is 0.128 e. The van der Waals surface area contributed by atoms with Crippen molar-refractivity contribution in [3.05, 3.63) is 27.5 Å². The van der Waals surface area contributed by atoms with Gasteiger partial charge in [0.1, 0.15) is 10.9 Å². The first-order chi connectivity index (χ1) is 8.71. The SMILES string of the molecule is CCCc1c(-c2ccc(CC)s2)sc(C#N)c1N. The molecule has 0 spiro atoms. The van der Waals surface area contributed by atoms with Crippen LogP contribution in [0.5, 0.6) is 0 Å². The molecule has 0 saturated heterocycles. The average Bonchev–Trinajstić information content (AvgIpc) is 2.96. The molecule has 0 unspecified atom stereocenters. The molecule has 2 nitrogen and oxygen atoms in total. The fourth-order valence-corrected chi connectivity index (χ4v) is 4.10. The number of hydrogen-bond acceptors (Lipinski definition) is 4. The molecule has 2 aromatic rings. The van der Waals surface area contributed by atoms with Crippen LogP contribution in [0, 0.1) is 11.3 Å². The summed E-state index contributed by atoms with van der Waals surface area (Å²) in [6.45, 7) is 4.30. The van der Waals surface area contributed by atoms with E-state index in [9.17, 15) is 0 Å². The molecule has 0 aliphatic rings. The standard InChI is InChI=1S/C14H16N2S2/c1-3-5-10-13(16)12(8-15)18-14(10)11-7-6-9(4-2)17-11/h6-7H,3-5,16H2,1-2H3. The number of rotatable bonds is 4. The van der Waals surface area contributed by atoms with Crippen molar-refractivity contribution < 1.29 is 0 Å². The molecular weight excluding hydrogens is 260 g/mol. The Morgan fingerprint density at radius 3 is 2.61 bits per heavy atom. The molecule has 0 aromatic carbocycles. The molecular formula is C14H16N2S2. The molecule has 0 amide bonds. The molecule has 94 valence electrons. The van der Waals surface area contributed by atoms with E-state index in [1.807, 2.05) is 0 Å². The minimum atomic E-state index is 0.653. The van der Waals surface area contributed by atoms with Crippen LogP contribution >= 0.6 is 22.7 Å². The highest BCUT2D eigenvalue weighted by Crippen LogP contribution is 2.41. The molecule has 2 aromatic heterocycles. The molecule has 0 fully saturated rings. The van der Waals surface area contributed by atoms with Crippen LogP contribution in [0.1, 0.15) is 35.6 Å². The maximum absolute atomic E-state index is 9.11. The summed E-state index contributed by atoms with van der Waals surface area (Å²) in [5.74, 6) is 0. The van der Waals surface area contributed by atoms with Crippen molar-refractivity contribution in [3.63, 3.8) is 0 Å². The van der Waals surface area contributed by atoms with Crippen molar-refractivity contribution >= 4 is 28.4 Å². The third-order valence-corrected chi connectivity index (χ3v) is 5.45. The maximum atomic E-state index is 9.11. The lowest BCUT2D eigenvalue weighted by Gasteiger charge is -2.01. The predicted octanol–water partition coefficient (Wildman–Crippen LogP) is 4.45. The zero-order valence-electron chi connectivity index (χ0n) is 10.6. The zero-order valence-corrected chi connectivity index (χ0v) is 12.3. The van der Waals surface area contributed by atoms with E-state index in [1.165, 1.54) is 26.0 Å². The summed E-state index contributed by atoms with van der Waals surface area (Å²) in [6, 6.07) is 6.52. The van der Waals surface area contributed by atoms with Gasteiger partial charge in [-0.05, 0) is 30.5 Å². The number of nitrogens with two attached hydrogens (primary N) is 1. The summed E-state index contributed by atoms with van der Waals surface area (Å²) in [7, 11) is 0. The van der Waals surface area contributed by atoms with E-state index in [0.717, 1.165) is 24.8 Å². The van der Waals surface area contributed by atoms with Crippen molar-refractivity contribution in [2.45, 2.75) is 33.1 Å². The summed E-state index contributed by atoms with van der Waals surface area (Å²) >= 11 is 3.33. The molecule has 0 aliphatic heterocycles. The van der Waals surface area contributed by atoms with E-state index in [-0.39, 0.29) is 0 Å². The zero-order chi connectivity index (χ0) is 13.1. The Hall–Kier alpha value is -1.31. The highest BCUT2D eigenvalue weighted by atomic mass is 32.1. The fourth-order valence-electron chi connectivity index (χ4n) is 1.95. The van der Waals surface area contributed by atoms with Crippen LogP contribution in [0.15, 0.2) is 12.1 Å². The molecule has 0 aliphatic carbocycles. The second-order valence-electron chi connectivity index (χ2n) is 4.13. The molecule has 2 heterocycles. The number of nitrogen functional groups attached to an aromatic ring is 1. The number of anilines is 1. The molecule has 0 saturated carbocycles. The predicted molar refractivity (Wildman–Crippen MR) is 80.1 cm³/mol. The first-order valence-electron chi connectivity index (χ1n) is 6.11. The van der Waals surface area contributed by atoms with Crippen LogP contribution in [-0.2, 0) is 12.8 Å². The molecule has 4 heteroatoms. The first kappa shape index (κ1) is 13.1. The molecule has 0 atom stereocenters. The van der Waals surface area contributed by atoms with Gasteiger partial charge in [-0.1, -0.05) is 20.3 Å². The van der Waals surface area contributed by atoms with Gasteiger partial charge in [0, 0.05) is 9.75 Å². The van der Waals surface area contributed by atoms with Crippen molar-refractivity contribution in [2.24, 2.45) is 0 Å². The van der Waals surface area contributed by atoms with Crippen LogP contribution in [0.25, 0.3) is 9.75 Å². The van der Waals surface area contributed by atoms with E-state index < -0.39 is 0 Å². The Morgan fingerprint density at radius 1 is 1.28 bits per heavy atom. The van der Waals surface area contributed by atoms with E-state index >= 15 is 0 Å². The fraction of sp³-hybridized carbons (Fsp3) is 0.357. The number of nitrogens with zero attached hydrogens (tertiary/aromatic N) is 1. The highest BCUT2D eigenvalue weighted by molar-refractivity contribution is 7.22. The summed E-state index contributed by atoms with van der Waals surface area (Å²) in [5.41, 5.74) is 7.91. The van der Waals surface area contributed by atoms with Crippen LogP contribution in [0.3, 0.4) is 0 Å². The number of thiophene rings is 2. The summed E-state index contributed by atoms with van der Waals surface area (Å²) in [6.07, 6.45) is 3.04. The third-order valence-electron chi connectivity index (χ3n) is 2.88. The first-order valence-corrected chi connectivity index (χ1v) is 7.74. The Bertz CT molecular complexity index is 587. The maximum Gasteiger partial charge on any atom is 0.128 e. The van der Waals surface area contributed by atoms with E-state index in [0.29, 0.717) is 10.6 Å². The Kier molecular flexibility index (Phi) is 4.05. The second kappa shape index (κ2) is 5.55. The molecule has 2 rings (SSSR count). The van der Waals surface area contributed by atoms with Crippen molar-refractivity contribution in [1.29, 1.82) is 5.26 Å². The molecule has 2 N–H and O–H groups in total. The van der Waals surface area contributed by atoms with E-state index in [4.69, 9.17) is 11.0 Å². The quantitative estimate of drug-likeness (QED) is 0.897. The number of hydrogen-bond donors (Lipinski definition) is 1. The molecule has 0 bridgehead atoms. The van der Waals surface area contributed by atoms with Crippen LogP contribution in [-0.4, -0.2) is 0 Å². The summed E-state index contributed by atoms with van der Waals surface area (Å²) < 4.78 is 0. The van der Waals surface area contributed by atoms with E-state index in [2.05, 4.69) is 32.0 Å². The minimum absolute atomic E-state index is 0.653. The normalized spacial score (nSPS) is 10.5. The van der Waals surface area contributed by atoms with Gasteiger partial charge in [0.05, 0.1) is 10.6 Å². The topological polar surface area (TPSA) is 49.8 Å². The van der Waals surface area contributed by atoms with Gasteiger partial charge in [0.2, 0.25) is 0 Å². The van der Waals surface area contributed by atoms with Crippen LogP contribution < -0.4 is 5.73 Å². The number of aryl methyl sites for hydroxylation is 1. The van der Waals surface area contributed by atoms with Crippen molar-refractivity contribution in [3.8, 4) is 15.8 Å². The summed E-state index contributed by atoms with van der Waals surface area (Å²) in [5, 5.41) is 9.11. The lowest BCUT2D eigenvalue weighted by Crippen LogP contribution is -1.92. The highest BCUT2D eigenvalue weighted by Gasteiger charge is 2.17. The van der Waals surface area contributed by atoms with Crippen LogP contribution in [0.4, 0.5) is 5.69 Å².